The van der Waals surface area contributed by atoms with E-state index in [9.17, 15) is 4.79 Å². The predicted molar refractivity (Wildman–Crippen MR) is 123 cm³/mol. The molecule has 1 heterocycles. The first kappa shape index (κ1) is 18.5. The van der Waals surface area contributed by atoms with Crippen LogP contribution in [0.2, 0.25) is 5.02 Å². The molecular formula is C25H20ClNOS. The fraction of sp³-hybridized carbons (Fsp3) is 0.160. The zero-order valence-electron chi connectivity index (χ0n) is 15.8. The van der Waals surface area contributed by atoms with Crippen LogP contribution in [-0.2, 0) is 5.75 Å². The van der Waals surface area contributed by atoms with Crippen molar-refractivity contribution in [2.75, 3.05) is 0 Å². The molecule has 3 aromatic carbocycles. The molecular weight excluding hydrogens is 398 g/mol. The van der Waals surface area contributed by atoms with Crippen LogP contribution in [0, 0.1) is 0 Å². The van der Waals surface area contributed by atoms with Gasteiger partial charge in [0, 0.05) is 21.7 Å². The van der Waals surface area contributed by atoms with Crippen LogP contribution < -0.4 is 5.56 Å². The van der Waals surface area contributed by atoms with Gasteiger partial charge in [0.2, 0.25) is 0 Å². The molecule has 144 valence electrons. The fourth-order valence-electron chi connectivity index (χ4n) is 3.75. The van der Waals surface area contributed by atoms with Crippen LogP contribution >= 0.6 is 23.4 Å². The summed E-state index contributed by atoms with van der Waals surface area (Å²) in [6.45, 7) is 0. The van der Waals surface area contributed by atoms with Gasteiger partial charge in [-0.15, -0.1) is 11.8 Å². The Morgan fingerprint density at radius 1 is 0.931 bits per heavy atom. The average molecular weight is 418 g/mol. The van der Waals surface area contributed by atoms with Crippen molar-refractivity contribution in [3.8, 4) is 5.69 Å². The molecule has 5 rings (SSSR count). The smallest absolute Gasteiger partial charge is 0.255 e. The van der Waals surface area contributed by atoms with E-state index in [1.165, 1.54) is 16.0 Å². The third-order valence-corrected chi connectivity index (χ3v) is 6.66. The summed E-state index contributed by atoms with van der Waals surface area (Å²) in [6, 6.07) is 26.3. The highest BCUT2D eigenvalue weighted by Gasteiger charge is 2.27. The molecule has 0 saturated heterocycles. The summed E-state index contributed by atoms with van der Waals surface area (Å²) in [7, 11) is 0. The molecule has 1 fully saturated rings. The Bertz CT molecular complexity index is 1240. The number of benzene rings is 3. The Labute approximate surface area is 179 Å². The standard InChI is InChI=1S/C25H20ClNOS/c26-20-9-11-24(22(15-20)18-6-7-18)27-23-12-10-21(14-19(23)8-13-25(27)28)29-16-17-4-2-1-3-5-17/h1-5,8-15,18H,6-7,16H2. The Kier molecular flexibility index (Phi) is 4.94. The minimum Gasteiger partial charge on any atom is -0.277 e. The highest BCUT2D eigenvalue weighted by Crippen LogP contribution is 2.43. The molecule has 4 aromatic rings. The number of pyridine rings is 1. The Morgan fingerprint density at radius 3 is 2.55 bits per heavy atom. The van der Waals surface area contributed by atoms with Crippen molar-refractivity contribution < 1.29 is 0 Å². The van der Waals surface area contributed by atoms with Gasteiger partial charge in [0.15, 0.2) is 0 Å². The lowest BCUT2D eigenvalue weighted by atomic mass is 10.1. The molecule has 1 aromatic heterocycles. The summed E-state index contributed by atoms with van der Waals surface area (Å²) in [4.78, 5) is 14.0. The normalized spacial score (nSPS) is 13.7. The SMILES string of the molecule is O=c1ccc2cc(SCc3ccccc3)ccc2n1-c1ccc(Cl)cc1C1CC1. The number of hydrogen-bond acceptors (Lipinski definition) is 2. The van der Waals surface area contributed by atoms with E-state index >= 15 is 0 Å². The van der Waals surface area contributed by atoms with E-state index in [1.807, 2.05) is 46.7 Å². The number of halogens is 1. The maximum absolute atomic E-state index is 12.8. The molecule has 0 aliphatic heterocycles. The second-order valence-corrected chi connectivity index (χ2v) is 8.96. The molecule has 0 N–H and O–H groups in total. The van der Waals surface area contributed by atoms with Gasteiger partial charge in [-0.1, -0.05) is 41.9 Å². The number of rotatable bonds is 5. The van der Waals surface area contributed by atoms with Crippen LogP contribution in [0.4, 0.5) is 0 Å². The molecule has 0 unspecified atom stereocenters. The molecule has 29 heavy (non-hydrogen) atoms. The van der Waals surface area contributed by atoms with Gasteiger partial charge in [0.25, 0.3) is 5.56 Å². The minimum atomic E-state index is -0.00795. The zero-order chi connectivity index (χ0) is 19.8. The maximum Gasteiger partial charge on any atom is 0.255 e. The second kappa shape index (κ2) is 7.74. The summed E-state index contributed by atoms with van der Waals surface area (Å²) < 4.78 is 1.84. The van der Waals surface area contributed by atoms with E-state index in [0.29, 0.717) is 5.92 Å². The number of hydrogen-bond donors (Lipinski definition) is 0. The Hall–Kier alpha value is -2.49. The summed E-state index contributed by atoms with van der Waals surface area (Å²) in [5.41, 5.74) is 4.36. The van der Waals surface area contributed by atoms with Gasteiger partial charge in [-0.2, -0.15) is 0 Å². The van der Waals surface area contributed by atoms with Crippen LogP contribution in [0.1, 0.15) is 29.9 Å². The summed E-state index contributed by atoms with van der Waals surface area (Å²) >= 11 is 8.06. The quantitative estimate of drug-likeness (QED) is 0.332. The van der Waals surface area contributed by atoms with Gasteiger partial charge in [-0.25, -0.2) is 0 Å². The monoisotopic (exact) mass is 417 g/mol. The van der Waals surface area contributed by atoms with Gasteiger partial charge in [0.05, 0.1) is 11.2 Å². The van der Waals surface area contributed by atoms with Crippen molar-refractivity contribution in [1.82, 2.24) is 4.57 Å². The first-order chi connectivity index (χ1) is 14.2. The molecule has 0 radical (unpaired) electrons. The first-order valence-corrected chi connectivity index (χ1v) is 11.2. The lowest BCUT2D eigenvalue weighted by Crippen LogP contribution is -2.18. The Balaban J connectivity index is 1.55. The van der Waals surface area contributed by atoms with Gasteiger partial charge in [-0.05, 0) is 77.7 Å². The van der Waals surface area contributed by atoms with E-state index < -0.39 is 0 Å². The van der Waals surface area contributed by atoms with Crippen LogP contribution in [0.3, 0.4) is 0 Å². The van der Waals surface area contributed by atoms with Crippen molar-refractivity contribution in [2.24, 2.45) is 0 Å². The minimum absolute atomic E-state index is 0.00795. The molecule has 0 atom stereocenters. The number of thioether (sulfide) groups is 1. The highest BCUT2D eigenvalue weighted by atomic mass is 35.5. The van der Waals surface area contributed by atoms with E-state index in [4.69, 9.17) is 11.6 Å². The van der Waals surface area contributed by atoms with Crippen molar-refractivity contribution in [1.29, 1.82) is 0 Å². The third kappa shape index (κ3) is 3.85. The van der Waals surface area contributed by atoms with Crippen molar-refractivity contribution in [2.45, 2.75) is 29.4 Å². The molecule has 0 spiro atoms. The van der Waals surface area contributed by atoms with E-state index in [2.05, 4.69) is 42.5 Å². The highest BCUT2D eigenvalue weighted by molar-refractivity contribution is 7.98. The van der Waals surface area contributed by atoms with E-state index in [-0.39, 0.29) is 5.56 Å². The average Bonchev–Trinajstić information content (AvgIpc) is 3.59. The van der Waals surface area contributed by atoms with Gasteiger partial charge >= 0.3 is 0 Å². The molecule has 2 nitrogen and oxygen atoms in total. The van der Waals surface area contributed by atoms with Gasteiger partial charge in [-0.3, -0.25) is 9.36 Å². The number of nitrogens with zero attached hydrogens (tertiary/aromatic N) is 1. The van der Waals surface area contributed by atoms with Crippen LogP contribution in [-0.4, -0.2) is 4.57 Å². The fourth-order valence-corrected chi connectivity index (χ4v) is 4.83. The van der Waals surface area contributed by atoms with Gasteiger partial charge in [0.1, 0.15) is 0 Å². The number of fused-ring (bicyclic) bond motifs is 1. The summed E-state index contributed by atoms with van der Waals surface area (Å²) in [6.07, 6.45) is 2.32. The van der Waals surface area contributed by atoms with Crippen LogP contribution in [0.15, 0.2) is 88.6 Å². The van der Waals surface area contributed by atoms with Crippen LogP contribution in [0.5, 0.6) is 0 Å². The lowest BCUT2D eigenvalue weighted by Gasteiger charge is -2.15. The zero-order valence-corrected chi connectivity index (χ0v) is 17.4. The second-order valence-electron chi connectivity index (χ2n) is 7.48. The van der Waals surface area contributed by atoms with Crippen molar-refractivity contribution >= 4 is 34.3 Å². The van der Waals surface area contributed by atoms with Crippen molar-refractivity contribution in [3.63, 3.8) is 0 Å². The predicted octanol–water partition coefficient (Wildman–Crippen LogP) is 6.81. The summed E-state index contributed by atoms with van der Waals surface area (Å²) in [5, 5.41) is 1.79. The van der Waals surface area contributed by atoms with Gasteiger partial charge < -0.3 is 0 Å². The molecule has 1 saturated carbocycles. The van der Waals surface area contributed by atoms with E-state index in [0.717, 1.165) is 40.2 Å². The summed E-state index contributed by atoms with van der Waals surface area (Å²) in [5.74, 6) is 1.43. The van der Waals surface area contributed by atoms with Crippen LogP contribution in [0.25, 0.3) is 16.6 Å². The Morgan fingerprint density at radius 2 is 1.76 bits per heavy atom. The largest absolute Gasteiger partial charge is 0.277 e. The molecule has 4 heteroatoms. The topological polar surface area (TPSA) is 22.0 Å². The molecule has 0 bridgehead atoms. The third-order valence-electron chi connectivity index (χ3n) is 5.36. The first-order valence-electron chi connectivity index (χ1n) is 9.81. The molecule has 0 amide bonds. The maximum atomic E-state index is 12.8. The molecule has 1 aliphatic rings. The van der Waals surface area contributed by atoms with Crippen molar-refractivity contribution in [3.05, 3.63) is 105 Å². The number of aromatic nitrogens is 1. The molecule has 1 aliphatic carbocycles. The lowest BCUT2D eigenvalue weighted by molar-refractivity contribution is 0.989. The van der Waals surface area contributed by atoms with E-state index in [1.54, 1.807) is 6.07 Å².